The zero-order chi connectivity index (χ0) is 13.2. The van der Waals surface area contributed by atoms with Crippen molar-refractivity contribution in [2.24, 2.45) is 0 Å². The van der Waals surface area contributed by atoms with E-state index in [0.717, 1.165) is 24.6 Å². The first-order valence-corrected chi connectivity index (χ1v) is 6.60. The maximum Gasteiger partial charge on any atom is 0.267 e. The SMILES string of the molecule is CN1C(=O)C(CC2COCCN2)Oc2ccccc21. The monoisotopic (exact) mass is 262 g/mol. The molecule has 3 rings (SSSR count). The zero-order valence-corrected chi connectivity index (χ0v) is 11.0. The summed E-state index contributed by atoms with van der Waals surface area (Å²) in [4.78, 5) is 14.0. The minimum Gasteiger partial charge on any atom is -0.478 e. The van der Waals surface area contributed by atoms with Crippen molar-refractivity contribution in [1.29, 1.82) is 0 Å². The highest BCUT2D eigenvalue weighted by molar-refractivity contribution is 5.99. The molecule has 0 aromatic heterocycles. The van der Waals surface area contributed by atoms with Crippen molar-refractivity contribution >= 4 is 11.6 Å². The first kappa shape index (κ1) is 12.4. The van der Waals surface area contributed by atoms with Gasteiger partial charge in [0.25, 0.3) is 5.91 Å². The second-order valence-corrected chi connectivity index (χ2v) is 4.93. The van der Waals surface area contributed by atoms with Gasteiger partial charge in [-0.3, -0.25) is 4.79 Å². The van der Waals surface area contributed by atoms with E-state index in [4.69, 9.17) is 9.47 Å². The number of carbonyl (C=O) groups excluding carboxylic acids is 1. The Morgan fingerprint density at radius 1 is 1.42 bits per heavy atom. The van der Waals surface area contributed by atoms with E-state index in [1.54, 1.807) is 11.9 Å². The minimum absolute atomic E-state index is 0.00562. The van der Waals surface area contributed by atoms with Crippen LogP contribution >= 0.6 is 0 Å². The third-order valence-electron chi connectivity index (χ3n) is 3.60. The molecule has 0 radical (unpaired) electrons. The Bertz CT molecular complexity index is 472. The number of hydrogen-bond donors (Lipinski definition) is 1. The van der Waals surface area contributed by atoms with Gasteiger partial charge in [-0.25, -0.2) is 0 Å². The lowest BCUT2D eigenvalue weighted by Gasteiger charge is -2.34. The van der Waals surface area contributed by atoms with Crippen LogP contribution in [0.4, 0.5) is 5.69 Å². The number of anilines is 1. The summed E-state index contributed by atoms with van der Waals surface area (Å²) >= 11 is 0. The van der Waals surface area contributed by atoms with E-state index in [9.17, 15) is 4.79 Å². The van der Waals surface area contributed by atoms with Gasteiger partial charge < -0.3 is 19.7 Å². The molecule has 1 saturated heterocycles. The summed E-state index contributed by atoms with van der Waals surface area (Å²) in [6.45, 7) is 2.20. The molecule has 2 atom stereocenters. The number of amides is 1. The van der Waals surface area contributed by atoms with Crippen molar-refractivity contribution in [3.05, 3.63) is 24.3 Å². The van der Waals surface area contributed by atoms with E-state index in [1.165, 1.54) is 0 Å². The number of nitrogens with one attached hydrogen (secondary N) is 1. The zero-order valence-electron chi connectivity index (χ0n) is 11.0. The molecule has 1 N–H and O–H groups in total. The summed E-state index contributed by atoms with van der Waals surface area (Å²) in [5, 5.41) is 3.35. The van der Waals surface area contributed by atoms with Gasteiger partial charge in [0.1, 0.15) is 5.75 Å². The van der Waals surface area contributed by atoms with Crippen LogP contribution in [-0.4, -0.2) is 44.9 Å². The average Bonchev–Trinajstić information content (AvgIpc) is 2.46. The summed E-state index contributed by atoms with van der Waals surface area (Å²) in [6, 6.07) is 7.80. The fraction of sp³-hybridized carbons (Fsp3) is 0.500. The lowest BCUT2D eigenvalue weighted by molar-refractivity contribution is -0.126. The van der Waals surface area contributed by atoms with Gasteiger partial charge in [0.05, 0.1) is 18.9 Å². The van der Waals surface area contributed by atoms with Crippen molar-refractivity contribution in [2.75, 3.05) is 31.7 Å². The van der Waals surface area contributed by atoms with Crippen molar-refractivity contribution in [2.45, 2.75) is 18.6 Å². The molecule has 1 amide bonds. The topological polar surface area (TPSA) is 50.8 Å². The van der Waals surface area contributed by atoms with Crippen LogP contribution in [-0.2, 0) is 9.53 Å². The molecule has 5 nitrogen and oxygen atoms in total. The Hall–Kier alpha value is -1.59. The average molecular weight is 262 g/mol. The van der Waals surface area contributed by atoms with E-state index < -0.39 is 6.10 Å². The summed E-state index contributed by atoms with van der Waals surface area (Å²) in [5.41, 5.74) is 0.830. The number of nitrogens with zero attached hydrogens (tertiary/aromatic N) is 1. The Labute approximate surface area is 112 Å². The predicted molar refractivity (Wildman–Crippen MR) is 71.5 cm³/mol. The van der Waals surface area contributed by atoms with E-state index in [2.05, 4.69) is 5.32 Å². The van der Waals surface area contributed by atoms with Crippen LogP contribution in [0.5, 0.6) is 5.75 Å². The van der Waals surface area contributed by atoms with Gasteiger partial charge in [0.2, 0.25) is 0 Å². The Kier molecular flexibility index (Phi) is 3.40. The standard InChI is InChI=1S/C14H18N2O3/c1-16-11-4-2-3-5-12(11)19-13(14(16)17)8-10-9-18-7-6-15-10/h2-5,10,13,15H,6-9H2,1H3. The number of carbonyl (C=O) groups is 1. The molecular formula is C14H18N2O3. The molecule has 2 unspecified atom stereocenters. The van der Waals surface area contributed by atoms with Gasteiger partial charge >= 0.3 is 0 Å². The Morgan fingerprint density at radius 3 is 3.05 bits per heavy atom. The highest BCUT2D eigenvalue weighted by atomic mass is 16.5. The molecule has 0 aliphatic carbocycles. The highest BCUT2D eigenvalue weighted by Gasteiger charge is 2.34. The number of ether oxygens (including phenoxy) is 2. The van der Waals surface area contributed by atoms with Gasteiger partial charge in [-0.1, -0.05) is 12.1 Å². The molecule has 1 fully saturated rings. The van der Waals surface area contributed by atoms with Crippen LogP contribution < -0.4 is 15.0 Å². The molecule has 0 bridgehead atoms. The summed E-state index contributed by atoms with van der Waals surface area (Å²) in [5.74, 6) is 0.775. The number of fused-ring (bicyclic) bond motifs is 1. The van der Waals surface area contributed by atoms with Gasteiger partial charge in [0, 0.05) is 26.1 Å². The lowest BCUT2D eigenvalue weighted by Crippen LogP contribution is -2.50. The van der Waals surface area contributed by atoms with Gasteiger partial charge in [-0.05, 0) is 12.1 Å². The number of morpholine rings is 1. The summed E-state index contributed by atoms with van der Waals surface area (Å²) < 4.78 is 11.2. The molecule has 0 spiro atoms. The van der Waals surface area contributed by atoms with Crippen LogP contribution in [0.2, 0.25) is 0 Å². The molecule has 19 heavy (non-hydrogen) atoms. The quantitative estimate of drug-likeness (QED) is 0.856. The third-order valence-corrected chi connectivity index (χ3v) is 3.60. The maximum absolute atomic E-state index is 12.3. The fourth-order valence-electron chi connectivity index (χ4n) is 2.55. The molecule has 102 valence electrons. The van der Waals surface area contributed by atoms with Crippen LogP contribution in [0.3, 0.4) is 0 Å². The Balaban J connectivity index is 1.75. The van der Waals surface area contributed by atoms with Gasteiger partial charge in [-0.15, -0.1) is 0 Å². The fourth-order valence-corrected chi connectivity index (χ4v) is 2.55. The smallest absolute Gasteiger partial charge is 0.267 e. The largest absolute Gasteiger partial charge is 0.478 e. The summed E-state index contributed by atoms with van der Waals surface area (Å²) in [6.07, 6.45) is 0.205. The van der Waals surface area contributed by atoms with Gasteiger partial charge in [-0.2, -0.15) is 0 Å². The van der Waals surface area contributed by atoms with Crippen LogP contribution in [0.15, 0.2) is 24.3 Å². The first-order chi connectivity index (χ1) is 9.25. The normalized spacial score (nSPS) is 26.8. The summed E-state index contributed by atoms with van der Waals surface area (Å²) in [7, 11) is 1.79. The van der Waals surface area contributed by atoms with Crippen molar-refractivity contribution in [3.63, 3.8) is 0 Å². The number of para-hydroxylation sites is 2. The van der Waals surface area contributed by atoms with E-state index in [0.29, 0.717) is 13.0 Å². The molecule has 2 aliphatic heterocycles. The number of benzene rings is 1. The van der Waals surface area contributed by atoms with Crippen molar-refractivity contribution < 1.29 is 14.3 Å². The molecular weight excluding hydrogens is 244 g/mol. The molecule has 2 aliphatic rings. The highest BCUT2D eigenvalue weighted by Crippen LogP contribution is 2.33. The Morgan fingerprint density at radius 2 is 2.26 bits per heavy atom. The van der Waals surface area contributed by atoms with E-state index >= 15 is 0 Å². The second kappa shape index (κ2) is 5.19. The van der Waals surface area contributed by atoms with Crippen molar-refractivity contribution in [3.8, 4) is 5.75 Å². The van der Waals surface area contributed by atoms with Crippen LogP contribution in [0, 0.1) is 0 Å². The molecule has 1 aromatic carbocycles. The third kappa shape index (κ3) is 2.43. The minimum atomic E-state index is -0.431. The van der Waals surface area contributed by atoms with E-state index in [1.807, 2.05) is 24.3 Å². The molecule has 5 heteroatoms. The number of hydrogen-bond acceptors (Lipinski definition) is 4. The number of likely N-dealkylation sites (N-methyl/N-ethyl adjacent to an activating group) is 1. The van der Waals surface area contributed by atoms with Crippen LogP contribution in [0.1, 0.15) is 6.42 Å². The first-order valence-electron chi connectivity index (χ1n) is 6.60. The van der Waals surface area contributed by atoms with Crippen molar-refractivity contribution in [1.82, 2.24) is 5.32 Å². The molecule has 1 aromatic rings. The van der Waals surface area contributed by atoms with Gasteiger partial charge in [0.15, 0.2) is 6.10 Å². The van der Waals surface area contributed by atoms with E-state index in [-0.39, 0.29) is 11.9 Å². The molecule has 0 saturated carbocycles. The maximum atomic E-state index is 12.3. The predicted octanol–water partition coefficient (Wildman–Crippen LogP) is 0.789. The van der Waals surface area contributed by atoms with Crippen LogP contribution in [0.25, 0.3) is 0 Å². The molecule has 2 heterocycles. The second-order valence-electron chi connectivity index (χ2n) is 4.93. The number of rotatable bonds is 2. The lowest BCUT2D eigenvalue weighted by atomic mass is 10.1.